The van der Waals surface area contributed by atoms with Gasteiger partial charge in [0.25, 0.3) is 10.2 Å². The summed E-state index contributed by atoms with van der Waals surface area (Å²) in [5.41, 5.74) is 5.42. The van der Waals surface area contributed by atoms with Crippen molar-refractivity contribution >= 4 is 10.2 Å². The zero-order chi connectivity index (χ0) is 13.8. The Labute approximate surface area is 111 Å². The van der Waals surface area contributed by atoms with Crippen molar-refractivity contribution in [3.05, 3.63) is 0 Å². The molecule has 1 rings (SSSR count). The van der Waals surface area contributed by atoms with Crippen molar-refractivity contribution in [2.75, 3.05) is 47.3 Å². The summed E-state index contributed by atoms with van der Waals surface area (Å²) in [5, 5.41) is 0. The molecule has 6 nitrogen and oxygen atoms in total. The normalized spacial score (nSPS) is 22.2. The first kappa shape index (κ1) is 15.8. The molecule has 2 N–H and O–H groups in total. The minimum absolute atomic E-state index is 0.102. The predicted molar refractivity (Wildman–Crippen MR) is 73.5 cm³/mol. The van der Waals surface area contributed by atoms with Gasteiger partial charge in [0.15, 0.2) is 0 Å². The van der Waals surface area contributed by atoms with Crippen LogP contribution in [-0.2, 0) is 10.2 Å². The van der Waals surface area contributed by atoms with E-state index in [1.165, 1.54) is 4.31 Å². The van der Waals surface area contributed by atoms with Gasteiger partial charge >= 0.3 is 0 Å². The summed E-state index contributed by atoms with van der Waals surface area (Å²) in [6.45, 7) is 2.42. The fourth-order valence-electron chi connectivity index (χ4n) is 2.33. The van der Waals surface area contributed by atoms with Gasteiger partial charge in [0.1, 0.15) is 0 Å². The van der Waals surface area contributed by atoms with Crippen molar-refractivity contribution in [1.82, 2.24) is 13.5 Å². The van der Waals surface area contributed by atoms with Gasteiger partial charge in [0, 0.05) is 32.7 Å². The third-order valence-corrected chi connectivity index (χ3v) is 5.31. The lowest BCUT2D eigenvalue weighted by molar-refractivity contribution is 0.277. The summed E-state index contributed by atoms with van der Waals surface area (Å²) < 4.78 is 27.9. The third kappa shape index (κ3) is 3.89. The SMILES string of the molecule is CN(C)CC1CCCN1S(=O)(=O)N(C)CCCN. The van der Waals surface area contributed by atoms with Gasteiger partial charge < -0.3 is 10.6 Å². The maximum Gasteiger partial charge on any atom is 0.282 e. The maximum atomic E-state index is 12.4. The molecule has 1 aliphatic heterocycles. The third-order valence-electron chi connectivity index (χ3n) is 3.27. The molecule has 1 saturated heterocycles. The van der Waals surface area contributed by atoms with Crippen LogP contribution in [0.25, 0.3) is 0 Å². The van der Waals surface area contributed by atoms with E-state index in [0.717, 1.165) is 19.4 Å². The highest BCUT2D eigenvalue weighted by atomic mass is 32.2. The summed E-state index contributed by atoms with van der Waals surface area (Å²) in [6, 6.07) is 0.102. The molecule has 0 aromatic carbocycles. The number of nitrogens with zero attached hydrogens (tertiary/aromatic N) is 3. The largest absolute Gasteiger partial charge is 0.330 e. The van der Waals surface area contributed by atoms with Gasteiger partial charge in [-0.05, 0) is 39.9 Å². The van der Waals surface area contributed by atoms with Crippen molar-refractivity contribution in [2.24, 2.45) is 5.73 Å². The highest BCUT2D eigenvalue weighted by molar-refractivity contribution is 7.86. The summed E-state index contributed by atoms with van der Waals surface area (Å²) in [4.78, 5) is 2.04. The van der Waals surface area contributed by atoms with Crippen molar-refractivity contribution in [2.45, 2.75) is 25.3 Å². The smallest absolute Gasteiger partial charge is 0.282 e. The molecule has 0 spiro atoms. The topological polar surface area (TPSA) is 69.9 Å². The highest BCUT2D eigenvalue weighted by Gasteiger charge is 2.36. The van der Waals surface area contributed by atoms with Crippen LogP contribution in [-0.4, -0.2) is 75.3 Å². The van der Waals surface area contributed by atoms with Crippen LogP contribution in [0.15, 0.2) is 0 Å². The Hall–Kier alpha value is -0.210. The molecular formula is C11H26N4O2S. The lowest BCUT2D eigenvalue weighted by Crippen LogP contribution is -2.47. The number of nitrogens with two attached hydrogens (primary N) is 1. The van der Waals surface area contributed by atoms with E-state index < -0.39 is 10.2 Å². The maximum absolute atomic E-state index is 12.4. The Morgan fingerprint density at radius 3 is 2.56 bits per heavy atom. The minimum atomic E-state index is -3.32. The number of likely N-dealkylation sites (N-methyl/N-ethyl adjacent to an activating group) is 1. The van der Waals surface area contributed by atoms with Gasteiger partial charge in [-0.25, -0.2) is 0 Å². The molecule has 1 heterocycles. The Balaban J connectivity index is 2.70. The molecule has 18 heavy (non-hydrogen) atoms. The molecular weight excluding hydrogens is 252 g/mol. The molecule has 0 radical (unpaired) electrons. The van der Waals surface area contributed by atoms with Crippen LogP contribution in [0.3, 0.4) is 0 Å². The summed E-state index contributed by atoms with van der Waals surface area (Å²) >= 11 is 0. The Morgan fingerprint density at radius 1 is 1.33 bits per heavy atom. The molecule has 0 aliphatic carbocycles. The number of hydrogen-bond acceptors (Lipinski definition) is 4. The fraction of sp³-hybridized carbons (Fsp3) is 1.00. The highest BCUT2D eigenvalue weighted by Crippen LogP contribution is 2.23. The van der Waals surface area contributed by atoms with E-state index in [2.05, 4.69) is 0 Å². The van der Waals surface area contributed by atoms with Gasteiger partial charge in [-0.3, -0.25) is 0 Å². The van der Waals surface area contributed by atoms with Crippen molar-refractivity contribution < 1.29 is 8.42 Å². The van der Waals surface area contributed by atoms with Crippen LogP contribution >= 0.6 is 0 Å². The first-order valence-electron chi connectivity index (χ1n) is 6.47. The van der Waals surface area contributed by atoms with E-state index in [1.54, 1.807) is 11.4 Å². The first-order chi connectivity index (χ1) is 8.39. The zero-order valence-electron chi connectivity index (χ0n) is 11.7. The molecule has 108 valence electrons. The summed E-state index contributed by atoms with van der Waals surface area (Å²) in [7, 11) is 2.26. The van der Waals surface area contributed by atoms with Crippen molar-refractivity contribution in [3.63, 3.8) is 0 Å². The second-order valence-corrected chi connectivity index (χ2v) is 7.13. The van der Waals surface area contributed by atoms with Gasteiger partial charge in [-0.1, -0.05) is 0 Å². The van der Waals surface area contributed by atoms with E-state index in [4.69, 9.17) is 5.73 Å². The van der Waals surface area contributed by atoms with Gasteiger partial charge in [-0.15, -0.1) is 0 Å². The van der Waals surface area contributed by atoms with Crippen LogP contribution in [0.2, 0.25) is 0 Å². The minimum Gasteiger partial charge on any atom is -0.330 e. The van der Waals surface area contributed by atoms with Crippen molar-refractivity contribution in [1.29, 1.82) is 0 Å². The number of hydrogen-bond donors (Lipinski definition) is 1. The lowest BCUT2D eigenvalue weighted by Gasteiger charge is -2.30. The molecule has 0 amide bonds. The van der Waals surface area contributed by atoms with E-state index in [-0.39, 0.29) is 6.04 Å². The molecule has 1 unspecified atom stereocenters. The van der Waals surface area contributed by atoms with Crippen LogP contribution in [0.4, 0.5) is 0 Å². The van der Waals surface area contributed by atoms with E-state index >= 15 is 0 Å². The van der Waals surface area contributed by atoms with Crippen LogP contribution in [0, 0.1) is 0 Å². The van der Waals surface area contributed by atoms with Crippen LogP contribution in [0.1, 0.15) is 19.3 Å². The quantitative estimate of drug-likeness (QED) is 0.684. The summed E-state index contributed by atoms with van der Waals surface area (Å²) in [5.74, 6) is 0. The van der Waals surface area contributed by atoms with Gasteiger partial charge in [-0.2, -0.15) is 17.0 Å². The monoisotopic (exact) mass is 278 g/mol. The molecule has 1 fully saturated rings. The Bertz CT molecular complexity index is 345. The fourth-order valence-corrected chi connectivity index (χ4v) is 3.95. The Kier molecular flexibility index (Phi) is 6.00. The van der Waals surface area contributed by atoms with Gasteiger partial charge in [0.05, 0.1) is 0 Å². The van der Waals surface area contributed by atoms with Crippen LogP contribution < -0.4 is 5.73 Å². The second-order valence-electron chi connectivity index (χ2n) is 5.14. The second kappa shape index (κ2) is 6.81. The van der Waals surface area contributed by atoms with E-state index in [0.29, 0.717) is 26.1 Å². The Morgan fingerprint density at radius 2 is 2.00 bits per heavy atom. The summed E-state index contributed by atoms with van der Waals surface area (Å²) in [6.07, 6.45) is 2.59. The van der Waals surface area contributed by atoms with E-state index in [9.17, 15) is 8.42 Å². The average Bonchev–Trinajstić information content (AvgIpc) is 2.73. The van der Waals surface area contributed by atoms with Crippen LogP contribution in [0.5, 0.6) is 0 Å². The number of rotatable bonds is 7. The average molecular weight is 278 g/mol. The zero-order valence-corrected chi connectivity index (χ0v) is 12.5. The predicted octanol–water partition coefficient (Wildman–Crippen LogP) is -0.462. The molecule has 1 aliphatic rings. The molecule has 0 saturated carbocycles. The van der Waals surface area contributed by atoms with Gasteiger partial charge in [0.2, 0.25) is 0 Å². The molecule has 7 heteroatoms. The van der Waals surface area contributed by atoms with Crippen molar-refractivity contribution in [3.8, 4) is 0 Å². The molecule has 0 aromatic heterocycles. The van der Waals surface area contributed by atoms with E-state index in [1.807, 2.05) is 19.0 Å². The standard InChI is InChI=1S/C11H26N4O2S/c1-13(2)10-11-6-4-9-15(11)18(16,17)14(3)8-5-7-12/h11H,4-10,12H2,1-3H3. The molecule has 0 aromatic rings. The molecule has 0 bridgehead atoms. The lowest BCUT2D eigenvalue weighted by atomic mass is 10.2. The molecule has 1 atom stereocenters. The first-order valence-corrected chi connectivity index (χ1v) is 7.87.